The number of cyclic esters (lactones) is 1. The second kappa shape index (κ2) is 9.95. The Morgan fingerprint density at radius 3 is 2.68 bits per heavy atom. The summed E-state index contributed by atoms with van der Waals surface area (Å²) < 4.78 is 4.11. The zero-order chi connectivity index (χ0) is 26.4. The molecule has 198 valence electrons. The minimum Gasteiger partial charge on any atom is -0.465 e. The summed E-state index contributed by atoms with van der Waals surface area (Å²) in [4.78, 5) is 45.6. The molecule has 1 unspecified atom stereocenters. The van der Waals surface area contributed by atoms with Crippen molar-refractivity contribution in [3.8, 4) is 0 Å². The fourth-order valence-electron chi connectivity index (χ4n) is 6.49. The van der Waals surface area contributed by atoms with Crippen molar-refractivity contribution >= 4 is 35.2 Å². The molecule has 1 N–H and O–H groups in total. The number of benzene rings is 1. The number of carbonyl (C=O) groups is 3. The number of allylic oxidation sites excluding steroid dienone is 1. The smallest absolute Gasteiger partial charge is 0.311 e. The Morgan fingerprint density at radius 1 is 1.08 bits per heavy atom. The van der Waals surface area contributed by atoms with E-state index < -0.39 is 27.4 Å². The number of fused-ring (bicyclic) bond motifs is 2. The number of rotatable bonds is 5. The molecule has 2 fully saturated rings. The molecule has 5 atom stereocenters. The van der Waals surface area contributed by atoms with E-state index in [-0.39, 0.29) is 24.4 Å². The Hall–Kier alpha value is -2.58. The van der Waals surface area contributed by atoms with Gasteiger partial charge in [0, 0.05) is 30.1 Å². The standard InChI is InChI=1S/C29H36N2O5S/c1-19-10-11-20(2)21(18-19)30-15-9-13-29-22(25(33)31(14-6-7-16-32)24(29)26(30)34)23-27(35)36-17-8-4-5-12-28(23,3)37-29/h5,9-13,18,22-24,32H,4,6-8,14-17H2,1-3H3/b12-5-/t22-,23+,24?,28-,29-/m0/s1. The monoisotopic (exact) mass is 524 g/mol. The van der Waals surface area contributed by atoms with E-state index in [0.29, 0.717) is 32.5 Å². The number of esters is 1. The lowest BCUT2D eigenvalue weighted by molar-refractivity contribution is -0.154. The van der Waals surface area contributed by atoms with Gasteiger partial charge in [0.1, 0.15) is 6.04 Å². The zero-order valence-corrected chi connectivity index (χ0v) is 22.6. The third kappa shape index (κ3) is 4.22. The molecular formula is C29H36N2O5S. The van der Waals surface area contributed by atoms with Crippen molar-refractivity contribution in [3.05, 3.63) is 53.6 Å². The molecular weight excluding hydrogens is 488 g/mol. The Bertz CT molecular complexity index is 1160. The number of nitrogens with zero attached hydrogens (tertiary/aromatic N) is 2. The lowest BCUT2D eigenvalue weighted by Gasteiger charge is -2.37. The van der Waals surface area contributed by atoms with E-state index in [1.807, 2.05) is 51.1 Å². The SMILES string of the molecule is Cc1ccc(C)c(N2CC=C[C@]34S[C@@]5(C)/C=C\CCCOC(=O)[C@H]5[C@H]3C(=O)N(CCCCO)C4C2=O)c1. The summed E-state index contributed by atoms with van der Waals surface area (Å²) >= 11 is 1.57. The summed E-state index contributed by atoms with van der Waals surface area (Å²) in [6, 6.07) is 5.31. The van der Waals surface area contributed by atoms with Gasteiger partial charge in [0.2, 0.25) is 5.91 Å². The van der Waals surface area contributed by atoms with Gasteiger partial charge in [0.25, 0.3) is 5.91 Å². The van der Waals surface area contributed by atoms with Crippen LogP contribution < -0.4 is 4.90 Å². The molecule has 7 nitrogen and oxygen atoms in total. The first-order valence-electron chi connectivity index (χ1n) is 13.3. The summed E-state index contributed by atoms with van der Waals surface area (Å²) in [5, 5.41) is 9.39. The quantitative estimate of drug-likeness (QED) is 0.360. The molecule has 1 aromatic rings. The van der Waals surface area contributed by atoms with Crippen LogP contribution in [0.5, 0.6) is 0 Å². The van der Waals surface area contributed by atoms with Crippen LogP contribution in [-0.2, 0) is 19.1 Å². The van der Waals surface area contributed by atoms with E-state index in [2.05, 4.69) is 12.2 Å². The highest BCUT2D eigenvalue weighted by Crippen LogP contribution is 2.65. The summed E-state index contributed by atoms with van der Waals surface area (Å²) in [5.41, 5.74) is 2.89. The van der Waals surface area contributed by atoms with E-state index in [0.717, 1.165) is 29.7 Å². The van der Waals surface area contributed by atoms with Crippen LogP contribution in [0.2, 0.25) is 0 Å². The number of aliphatic hydroxyl groups excluding tert-OH is 1. The third-order valence-electron chi connectivity index (χ3n) is 8.21. The van der Waals surface area contributed by atoms with Gasteiger partial charge in [0.05, 0.1) is 23.2 Å². The number of amides is 2. The predicted molar refractivity (Wildman–Crippen MR) is 144 cm³/mol. The topological polar surface area (TPSA) is 87.2 Å². The van der Waals surface area contributed by atoms with Gasteiger partial charge < -0.3 is 19.6 Å². The van der Waals surface area contributed by atoms with E-state index in [4.69, 9.17) is 4.74 Å². The molecule has 0 aromatic heterocycles. The molecule has 0 saturated carbocycles. The number of unbranched alkanes of at least 4 members (excludes halogenated alkanes) is 1. The largest absolute Gasteiger partial charge is 0.465 e. The van der Waals surface area contributed by atoms with Gasteiger partial charge in [-0.2, -0.15) is 0 Å². The minimum absolute atomic E-state index is 0.0241. The van der Waals surface area contributed by atoms with Gasteiger partial charge in [0.15, 0.2) is 0 Å². The average molecular weight is 525 g/mol. The van der Waals surface area contributed by atoms with Crippen LogP contribution in [0.1, 0.15) is 43.7 Å². The van der Waals surface area contributed by atoms with Crippen molar-refractivity contribution in [2.24, 2.45) is 11.8 Å². The van der Waals surface area contributed by atoms with Crippen molar-refractivity contribution in [2.75, 3.05) is 31.2 Å². The van der Waals surface area contributed by atoms with Crippen LogP contribution in [-0.4, -0.2) is 69.6 Å². The summed E-state index contributed by atoms with van der Waals surface area (Å²) in [7, 11) is 0. The normalized spacial score (nSPS) is 34.2. The van der Waals surface area contributed by atoms with Gasteiger partial charge in [-0.3, -0.25) is 14.4 Å². The number of aryl methyl sites for hydroxylation is 2. The Kier molecular flexibility index (Phi) is 7.00. The Labute approximate surface area is 222 Å². The van der Waals surface area contributed by atoms with Crippen molar-refractivity contribution in [1.82, 2.24) is 4.90 Å². The van der Waals surface area contributed by atoms with Crippen LogP contribution in [0, 0.1) is 25.7 Å². The molecule has 2 saturated heterocycles. The highest BCUT2D eigenvalue weighted by Gasteiger charge is 2.73. The number of hydrogen-bond acceptors (Lipinski definition) is 6. The predicted octanol–water partition coefficient (Wildman–Crippen LogP) is 3.56. The van der Waals surface area contributed by atoms with Crippen LogP contribution >= 0.6 is 11.8 Å². The first-order chi connectivity index (χ1) is 17.7. The third-order valence-corrected chi connectivity index (χ3v) is 10.0. The first kappa shape index (κ1) is 26.0. The second-order valence-corrected chi connectivity index (χ2v) is 12.6. The fourth-order valence-corrected chi connectivity index (χ4v) is 8.65. The molecule has 0 aliphatic carbocycles. The van der Waals surface area contributed by atoms with Gasteiger partial charge in [-0.25, -0.2) is 0 Å². The van der Waals surface area contributed by atoms with Crippen LogP contribution in [0.15, 0.2) is 42.5 Å². The molecule has 37 heavy (non-hydrogen) atoms. The number of aliphatic hydroxyl groups is 1. The maximum Gasteiger partial charge on any atom is 0.311 e. The zero-order valence-electron chi connectivity index (χ0n) is 21.8. The summed E-state index contributed by atoms with van der Waals surface area (Å²) in [6.07, 6.45) is 10.8. The van der Waals surface area contributed by atoms with Crippen molar-refractivity contribution < 1.29 is 24.2 Å². The Morgan fingerprint density at radius 2 is 1.89 bits per heavy atom. The number of thioether (sulfide) groups is 1. The van der Waals surface area contributed by atoms with E-state index in [1.54, 1.807) is 21.6 Å². The maximum atomic E-state index is 14.5. The molecule has 8 heteroatoms. The average Bonchev–Trinajstić information content (AvgIpc) is 3.20. The summed E-state index contributed by atoms with van der Waals surface area (Å²) in [5.74, 6) is -2.04. The number of carbonyl (C=O) groups excluding carboxylic acids is 3. The minimum atomic E-state index is -0.887. The van der Waals surface area contributed by atoms with Crippen molar-refractivity contribution in [3.63, 3.8) is 0 Å². The highest BCUT2D eigenvalue weighted by molar-refractivity contribution is 8.02. The van der Waals surface area contributed by atoms with Crippen molar-refractivity contribution in [1.29, 1.82) is 0 Å². The van der Waals surface area contributed by atoms with Crippen LogP contribution in [0.25, 0.3) is 0 Å². The highest BCUT2D eigenvalue weighted by atomic mass is 32.2. The molecule has 0 radical (unpaired) electrons. The Balaban J connectivity index is 1.64. The molecule has 1 aromatic carbocycles. The van der Waals surface area contributed by atoms with E-state index >= 15 is 0 Å². The van der Waals surface area contributed by atoms with Gasteiger partial charge in [-0.05, 0) is 63.6 Å². The molecule has 1 spiro atoms. The molecule has 0 bridgehead atoms. The number of ether oxygens (including phenoxy) is 1. The number of hydrogen-bond donors (Lipinski definition) is 1. The lowest BCUT2D eigenvalue weighted by Crippen LogP contribution is -2.53. The van der Waals surface area contributed by atoms with Gasteiger partial charge in [-0.15, -0.1) is 11.8 Å². The van der Waals surface area contributed by atoms with E-state index in [9.17, 15) is 19.5 Å². The number of anilines is 1. The molecule has 2 amide bonds. The van der Waals surface area contributed by atoms with Gasteiger partial charge >= 0.3 is 5.97 Å². The molecule has 4 heterocycles. The summed E-state index contributed by atoms with van der Waals surface area (Å²) in [6.45, 7) is 7.11. The van der Waals surface area contributed by atoms with E-state index in [1.165, 1.54) is 0 Å². The first-order valence-corrected chi connectivity index (χ1v) is 14.1. The van der Waals surface area contributed by atoms with Crippen molar-refractivity contribution in [2.45, 2.75) is 62.0 Å². The lowest BCUT2D eigenvalue weighted by atomic mass is 9.74. The maximum absolute atomic E-state index is 14.5. The molecule has 5 rings (SSSR count). The second-order valence-electron chi connectivity index (χ2n) is 10.8. The molecule has 4 aliphatic heterocycles. The molecule has 4 aliphatic rings. The van der Waals surface area contributed by atoms with Gasteiger partial charge in [-0.1, -0.05) is 36.4 Å². The van der Waals surface area contributed by atoms with Crippen LogP contribution in [0.4, 0.5) is 5.69 Å². The number of likely N-dealkylation sites (tertiary alicyclic amines) is 1. The van der Waals surface area contributed by atoms with Crippen LogP contribution in [0.3, 0.4) is 0 Å². The fraction of sp³-hybridized carbons (Fsp3) is 0.552.